The Balaban J connectivity index is 1.99. The lowest BCUT2D eigenvalue weighted by molar-refractivity contribution is -0.386. The third-order valence-corrected chi connectivity index (χ3v) is 4.50. The summed E-state index contributed by atoms with van der Waals surface area (Å²) in [6, 6.07) is 3.72. The third-order valence-electron chi connectivity index (χ3n) is 4.50. The van der Waals surface area contributed by atoms with Crippen molar-refractivity contribution in [3.05, 3.63) is 33.4 Å². The van der Waals surface area contributed by atoms with Crippen LogP contribution in [0, 0.1) is 23.0 Å². The fourth-order valence-corrected chi connectivity index (χ4v) is 3.29. The second-order valence-electron chi connectivity index (χ2n) is 5.99. The Morgan fingerprint density at radius 3 is 2.62 bits per heavy atom. The second kappa shape index (κ2) is 5.61. The summed E-state index contributed by atoms with van der Waals surface area (Å²) < 4.78 is 0. The Bertz CT molecular complexity index is 551. The van der Waals surface area contributed by atoms with E-state index in [1.807, 2.05) is 6.07 Å². The summed E-state index contributed by atoms with van der Waals surface area (Å²) >= 11 is 0. The fraction of sp³-hybridized carbons (Fsp3) is 0.600. The van der Waals surface area contributed by atoms with Crippen LogP contribution in [-0.4, -0.2) is 41.1 Å². The van der Waals surface area contributed by atoms with Crippen LogP contribution >= 0.6 is 0 Å². The van der Waals surface area contributed by atoms with Crippen LogP contribution in [0.4, 0.5) is 5.69 Å². The van der Waals surface area contributed by atoms with Crippen LogP contribution in [-0.2, 0) is 0 Å². The molecule has 2 fully saturated rings. The molecule has 1 aromatic carbocycles. The third kappa shape index (κ3) is 2.73. The van der Waals surface area contributed by atoms with Crippen molar-refractivity contribution in [2.45, 2.75) is 25.8 Å². The molecule has 1 aromatic rings. The SMILES string of the molecule is Cc1ccc([C@H](C2CC2)N2CCNCC2)c(O)c1[N+](=O)[O-]. The van der Waals surface area contributed by atoms with Gasteiger partial charge in [-0.3, -0.25) is 15.0 Å². The lowest BCUT2D eigenvalue weighted by Gasteiger charge is -2.35. The lowest BCUT2D eigenvalue weighted by atomic mass is 9.96. The smallest absolute Gasteiger partial charge is 0.313 e. The number of hydrogen-bond donors (Lipinski definition) is 2. The summed E-state index contributed by atoms with van der Waals surface area (Å²) in [5.74, 6) is 0.367. The van der Waals surface area contributed by atoms with Gasteiger partial charge in [0.05, 0.1) is 4.92 Å². The van der Waals surface area contributed by atoms with Crippen molar-refractivity contribution in [2.75, 3.05) is 26.2 Å². The molecule has 1 aliphatic carbocycles. The number of nitro benzene ring substituents is 1. The van der Waals surface area contributed by atoms with Crippen molar-refractivity contribution in [1.29, 1.82) is 0 Å². The van der Waals surface area contributed by atoms with Crippen LogP contribution in [0.15, 0.2) is 12.1 Å². The fourth-order valence-electron chi connectivity index (χ4n) is 3.29. The largest absolute Gasteiger partial charge is 0.502 e. The highest BCUT2D eigenvalue weighted by atomic mass is 16.6. The minimum atomic E-state index is -0.476. The molecule has 0 radical (unpaired) electrons. The predicted octanol–water partition coefficient (Wildman–Crippen LogP) is 1.97. The first-order chi connectivity index (χ1) is 10.1. The van der Waals surface area contributed by atoms with Crippen LogP contribution in [0.3, 0.4) is 0 Å². The molecule has 1 saturated carbocycles. The van der Waals surface area contributed by atoms with E-state index >= 15 is 0 Å². The van der Waals surface area contributed by atoms with Gasteiger partial charge >= 0.3 is 5.69 Å². The Morgan fingerprint density at radius 2 is 2.05 bits per heavy atom. The van der Waals surface area contributed by atoms with Gasteiger partial charge < -0.3 is 10.4 Å². The second-order valence-corrected chi connectivity index (χ2v) is 5.99. The van der Waals surface area contributed by atoms with Crippen LogP contribution in [0.2, 0.25) is 0 Å². The molecule has 0 bridgehead atoms. The number of piperazine rings is 1. The highest BCUT2D eigenvalue weighted by Gasteiger charge is 2.39. The summed E-state index contributed by atoms with van der Waals surface area (Å²) in [6.07, 6.45) is 2.27. The zero-order valence-electron chi connectivity index (χ0n) is 12.2. The number of benzene rings is 1. The molecule has 21 heavy (non-hydrogen) atoms. The van der Waals surface area contributed by atoms with Gasteiger partial charge in [-0.2, -0.15) is 0 Å². The van der Waals surface area contributed by atoms with Gasteiger partial charge in [-0.15, -0.1) is 0 Å². The van der Waals surface area contributed by atoms with Crippen molar-refractivity contribution in [1.82, 2.24) is 10.2 Å². The molecule has 6 nitrogen and oxygen atoms in total. The highest BCUT2D eigenvalue weighted by Crippen LogP contribution is 2.49. The molecule has 0 amide bonds. The molecule has 114 valence electrons. The first-order valence-corrected chi connectivity index (χ1v) is 7.51. The maximum Gasteiger partial charge on any atom is 0.313 e. The topological polar surface area (TPSA) is 78.6 Å². The number of phenolic OH excluding ortho intramolecular Hbond substituents is 1. The van der Waals surface area contributed by atoms with Gasteiger partial charge in [0.1, 0.15) is 0 Å². The number of rotatable bonds is 4. The Hall–Kier alpha value is -1.66. The zero-order chi connectivity index (χ0) is 15.0. The Morgan fingerprint density at radius 1 is 1.38 bits per heavy atom. The minimum absolute atomic E-state index is 0.103. The van der Waals surface area contributed by atoms with Gasteiger partial charge in [0.2, 0.25) is 0 Å². The maximum absolute atomic E-state index is 11.2. The van der Waals surface area contributed by atoms with Crippen LogP contribution < -0.4 is 5.32 Å². The molecule has 1 aliphatic heterocycles. The van der Waals surface area contributed by atoms with E-state index < -0.39 is 4.92 Å². The van der Waals surface area contributed by atoms with E-state index in [0.717, 1.165) is 44.6 Å². The molecule has 0 aromatic heterocycles. The number of aryl methyl sites for hydroxylation is 1. The van der Waals surface area contributed by atoms with Gasteiger partial charge in [-0.25, -0.2) is 0 Å². The van der Waals surface area contributed by atoms with Crippen molar-refractivity contribution in [3.63, 3.8) is 0 Å². The molecule has 1 heterocycles. The molecule has 1 atom stereocenters. The van der Waals surface area contributed by atoms with E-state index in [-0.39, 0.29) is 17.5 Å². The molecule has 2 N–H and O–H groups in total. The van der Waals surface area contributed by atoms with E-state index in [1.165, 1.54) is 0 Å². The van der Waals surface area contributed by atoms with Gasteiger partial charge in [-0.1, -0.05) is 12.1 Å². The molecule has 2 aliphatic rings. The summed E-state index contributed by atoms with van der Waals surface area (Å²) in [5.41, 5.74) is 1.08. The average Bonchev–Trinajstić information content (AvgIpc) is 3.27. The minimum Gasteiger partial charge on any atom is -0.502 e. The van der Waals surface area contributed by atoms with Crippen molar-refractivity contribution in [3.8, 4) is 5.75 Å². The molecule has 3 rings (SSSR count). The van der Waals surface area contributed by atoms with E-state index in [9.17, 15) is 15.2 Å². The predicted molar refractivity (Wildman–Crippen MR) is 79.4 cm³/mol. The maximum atomic E-state index is 11.2. The van der Waals surface area contributed by atoms with Crippen molar-refractivity contribution < 1.29 is 10.0 Å². The summed E-state index contributed by atoms with van der Waals surface area (Å²) in [4.78, 5) is 13.1. The summed E-state index contributed by atoms with van der Waals surface area (Å²) in [6.45, 7) is 5.36. The normalized spacial score (nSPS) is 21.2. The molecular weight excluding hydrogens is 270 g/mol. The van der Waals surface area contributed by atoms with E-state index in [1.54, 1.807) is 13.0 Å². The van der Waals surface area contributed by atoms with Gasteiger partial charge in [0.15, 0.2) is 5.75 Å². The van der Waals surface area contributed by atoms with Crippen molar-refractivity contribution in [2.24, 2.45) is 5.92 Å². The van der Waals surface area contributed by atoms with E-state index in [4.69, 9.17) is 0 Å². The van der Waals surface area contributed by atoms with Crippen LogP contribution in [0.1, 0.15) is 30.0 Å². The monoisotopic (exact) mass is 291 g/mol. The van der Waals surface area contributed by atoms with Crippen molar-refractivity contribution >= 4 is 5.69 Å². The number of nitrogens with one attached hydrogen (secondary N) is 1. The molecule has 1 saturated heterocycles. The summed E-state index contributed by atoms with van der Waals surface area (Å²) in [7, 11) is 0. The first-order valence-electron chi connectivity index (χ1n) is 7.51. The standard InChI is InChI=1S/C15H21N3O3/c1-10-2-5-12(15(19)13(10)18(20)21)14(11-3-4-11)17-8-6-16-7-9-17/h2,5,11,14,16,19H,3-4,6-9H2,1H3/t14-/m0/s1. The number of nitro groups is 1. The molecule has 0 spiro atoms. The summed E-state index contributed by atoms with van der Waals surface area (Å²) in [5, 5.41) is 25.0. The van der Waals surface area contributed by atoms with Gasteiger partial charge in [0.25, 0.3) is 0 Å². The highest BCUT2D eigenvalue weighted by molar-refractivity contribution is 5.57. The molecule has 0 unspecified atom stereocenters. The molecule has 6 heteroatoms. The van der Waals surface area contributed by atoms with E-state index in [0.29, 0.717) is 11.5 Å². The Labute approximate surface area is 123 Å². The number of hydrogen-bond acceptors (Lipinski definition) is 5. The quantitative estimate of drug-likeness (QED) is 0.655. The number of phenols is 1. The van der Waals surface area contributed by atoms with Crippen LogP contribution in [0.5, 0.6) is 5.75 Å². The Kier molecular flexibility index (Phi) is 3.82. The number of nitrogens with zero attached hydrogens (tertiary/aromatic N) is 2. The zero-order valence-corrected chi connectivity index (χ0v) is 12.2. The molecular formula is C15H21N3O3. The first kappa shape index (κ1) is 14.3. The number of aromatic hydroxyl groups is 1. The van der Waals surface area contributed by atoms with Crippen LogP contribution in [0.25, 0.3) is 0 Å². The van der Waals surface area contributed by atoms with Gasteiger partial charge in [0, 0.05) is 43.3 Å². The lowest BCUT2D eigenvalue weighted by Crippen LogP contribution is -2.45. The van der Waals surface area contributed by atoms with E-state index in [2.05, 4.69) is 10.2 Å². The average molecular weight is 291 g/mol. The van der Waals surface area contributed by atoms with Gasteiger partial charge in [-0.05, 0) is 25.7 Å².